The number of rotatable bonds is 7. The first-order valence-electron chi connectivity index (χ1n) is 5.83. The highest BCUT2D eigenvalue weighted by Crippen LogP contribution is 2.29. The first-order valence-corrected chi connectivity index (χ1v) is 5.83. The third kappa shape index (κ3) is 4.24. The second-order valence-electron chi connectivity index (χ2n) is 3.74. The van der Waals surface area contributed by atoms with Crippen molar-refractivity contribution in [3.05, 3.63) is 23.8 Å². The van der Waals surface area contributed by atoms with Gasteiger partial charge in [0.15, 0.2) is 11.5 Å². The minimum absolute atomic E-state index is 0.0126. The molecule has 2 N–H and O–H groups in total. The van der Waals surface area contributed by atoms with E-state index in [1.54, 1.807) is 7.11 Å². The summed E-state index contributed by atoms with van der Waals surface area (Å²) in [5, 5.41) is 0. The molecule has 0 saturated heterocycles. The van der Waals surface area contributed by atoms with Crippen molar-refractivity contribution in [3.8, 4) is 11.5 Å². The van der Waals surface area contributed by atoms with Crippen LogP contribution in [0.1, 0.15) is 25.5 Å². The fourth-order valence-electron chi connectivity index (χ4n) is 1.44. The summed E-state index contributed by atoms with van der Waals surface area (Å²) >= 11 is 0. The Morgan fingerprint density at radius 2 is 2.00 bits per heavy atom. The summed E-state index contributed by atoms with van der Waals surface area (Å²) in [5.41, 5.74) is 6.84. The Morgan fingerprint density at radius 1 is 1.24 bits per heavy atom. The summed E-state index contributed by atoms with van der Waals surface area (Å²) in [6, 6.07) is 5.72. The predicted octanol–water partition coefficient (Wildman–Crippen LogP) is 2.13. The van der Waals surface area contributed by atoms with E-state index in [4.69, 9.17) is 19.9 Å². The molecule has 0 spiro atoms. The summed E-state index contributed by atoms with van der Waals surface area (Å²) in [6.45, 7) is 5.68. The van der Waals surface area contributed by atoms with Crippen molar-refractivity contribution in [1.29, 1.82) is 0 Å². The summed E-state index contributed by atoms with van der Waals surface area (Å²) in [7, 11) is 1.62. The van der Waals surface area contributed by atoms with Crippen LogP contribution in [0.25, 0.3) is 0 Å². The van der Waals surface area contributed by atoms with Gasteiger partial charge in [0, 0.05) is 12.6 Å². The van der Waals surface area contributed by atoms with Gasteiger partial charge in [0.05, 0.1) is 13.7 Å². The standard InChI is InChI=1S/C13H21NO3/c1-4-16-7-8-17-12-6-5-11(10(2)14)9-13(12)15-3/h5-6,9-10H,4,7-8,14H2,1-3H3/t10-/m0/s1. The highest BCUT2D eigenvalue weighted by atomic mass is 16.5. The van der Waals surface area contributed by atoms with Gasteiger partial charge in [-0.1, -0.05) is 6.07 Å². The van der Waals surface area contributed by atoms with E-state index in [2.05, 4.69) is 0 Å². The zero-order valence-electron chi connectivity index (χ0n) is 10.7. The van der Waals surface area contributed by atoms with E-state index in [1.807, 2.05) is 32.0 Å². The Hall–Kier alpha value is -1.26. The molecule has 96 valence electrons. The largest absolute Gasteiger partial charge is 0.493 e. The van der Waals surface area contributed by atoms with Crippen molar-refractivity contribution >= 4 is 0 Å². The average Bonchev–Trinajstić information content (AvgIpc) is 2.34. The number of ether oxygens (including phenoxy) is 3. The van der Waals surface area contributed by atoms with Crippen LogP contribution in [0.15, 0.2) is 18.2 Å². The first kappa shape index (κ1) is 13.8. The number of benzene rings is 1. The van der Waals surface area contributed by atoms with Gasteiger partial charge < -0.3 is 19.9 Å². The van der Waals surface area contributed by atoms with E-state index in [0.29, 0.717) is 25.6 Å². The van der Waals surface area contributed by atoms with Gasteiger partial charge in [-0.25, -0.2) is 0 Å². The highest BCUT2D eigenvalue weighted by Gasteiger charge is 2.07. The Bertz CT molecular complexity index is 339. The van der Waals surface area contributed by atoms with Crippen LogP contribution in [0.5, 0.6) is 11.5 Å². The van der Waals surface area contributed by atoms with E-state index in [-0.39, 0.29) is 6.04 Å². The van der Waals surface area contributed by atoms with Gasteiger partial charge in [0.1, 0.15) is 6.61 Å². The molecule has 1 rings (SSSR count). The minimum Gasteiger partial charge on any atom is -0.493 e. The van der Waals surface area contributed by atoms with Crippen molar-refractivity contribution in [2.75, 3.05) is 26.9 Å². The van der Waals surface area contributed by atoms with E-state index < -0.39 is 0 Å². The molecule has 4 heteroatoms. The lowest BCUT2D eigenvalue weighted by Gasteiger charge is -2.13. The van der Waals surface area contributed by atoms with E-state index in [1.165, 1.54) is 0 Å². The normalized spacial score (nSPS) is 12.2. The Kier molecular flexibility index (Phi) is 5.80. The van der Waals surface area contributed by atoms with Crippen LogP contribution in [0, 0.1) is 0 Å². The van der Waals surface area contributed by atoms with Crippen molar-refractivity contribution < 1.29 is 14.2 Å². The fourth-order valence-corrected chi connectivity index (χ4v) is 1.44. The van der Waals surface area contributed by atoms with Crippen molar-refractivity contribution in [2.45, 2.75) is 19.9 Å². The molecule has 1 aromatic rings. The van der Waals surface area contributed by atoms with Crippen LogP contribution >= 0.6 is 0 Å². The molecule has 0 saturated carbocycles. The molecule has 4 nitrogen and oxygen atoms in total. The van der Waals surface area contributed by atoms with Gasteiger partial charge in [-0.3, -0.25) is 0 Å². The van der Waals surface area contributed by atoms with Crippen LogP contribution in [0.4, 0.5) is 0 Å². The summed E-state index contributed by atoms with van der Waals surface area (Å²) in [5.74, 6) is 1.42. The Labute approximate surface area is 103 Å². The third-order valence-corrected chi connectivity index (χ3v) is 2.40. The monoisotopic (exact) mass is 239 g/mol. The summed E-state index contributed by atoms with van der Waals surface area (Å²) in [4.78, 5) is 0. The lowest BCUT2D eigenvalue weighted by molar-refractivity contribution is 0.109. The Balaban J connectivity index is 2.65. The van der Waals surface area contributed by atoms with E-state index in [9.17, 15) is 0 Å². The van der Waals surface area contributed by atoms with Crippen molar-refractivity contribution in [3.63, 3.8) is 0 Å². The van der Waals surface area contributed by atoms with Crippen LogP contribution in [-0.4, -0.2) is 26.9 Å². The first-order chi connectivity index (χ1) is 8.19. The third-order valence-electron chi connectivity index (χ3n) is 2.40. The second kappa shape index (κ2) is 7.14. The van der Waals surface area contributed by atoms with Gasteiger partial charge in [-0.05, 0) is 31.5 Å². The summed E-state index contributed by atoms with van der Waals surface area (Å²) < 4.78 is 16.1. The topological polar surface area (TPSA) is 53.7 Å². The number of hydrogen-bond donors (Lipinski definition) is 1. The van der Waals surface area contributed by atoms with Crippen LogP contribution in [-0.2, 0) is 4.74 Å². The van der Waals surface area contributed by atoms with Crippen LogP contribution in [0.3, 0.4) is 0 Å². The maximum atomic E-state index is 5.81. The zero-order chi connectivity index (χ0) is 12.7. The predicted molar refractivity (Wildman–Crippen MR) is 67.6 cm³/mol. The molecule has 0 aliphatic heterocycles. The molecule has 0 bridgehead atoms. The van der Waals surface area contributed by atoms with Crippen molar-refractivity contribution in [2.24, 2.45) is 5.73 Å². The number of methoxy groups -OCH3 is 1. The van der Waals surface area contributed by atoms with E-state index in [0.717, 1.165) is 11.3 Å². The quantitative estimate of drug-likeness (QED) is 0.741. The maximum absolute atomic E-state index is 5.81. The SMILES string of the molecule is CCOCCOc1ccc([C@H](C)N)cc1OC. The molecule has 1 aromatic carbocycles. The molecular formula is C13H21NO3. The molecule has 0 aromatic heterocycles. The highest BCUT2D eigenvalue weighted by molar-refractivity contribution is 5.43. The molecule has 0 amide bonds. The maximum Gasteiger partial charge on any atom is 0.161 e. The number of nitrogens with two attached hydrogens (primary N) is 1. The summed E-state index contributed by atoms with van der Waals surface area (Å²) in [6.07, 6.45) is 0. The second-order valence-corrected chi connectivity index (χ2v) is 3.74. The molecule has 17 heavy (non-hydrogen) atoms. The lowest BCUT2D eigenvalue weighted by atomic mass is 10.1. The molecule has 1 atom stereocenters. The Morgan fingerprint density at radius 3 is 2.59 bits per heavy atom. The van der Waals surface area contributed by atoms with Gasteiger partial charge in [-0.2, -0.15) is 0 Å². The smallest absolute Gasteiger partial charge is 0.161 e. The van der Waals surface area contributed by atoms with Crippen LogP contribution in [0.2, 0.25) is 0 Å². The number of hydrogen-bond acceptors (Lipinski definition) is 4. The van der Waals surface area contributed by atoms with E-state index >= 15 is 0 Å². The molecule has 0 heterocycles. The van der Waals surface area contributed by atoms with Gasteiger partial charge in [0.2, 0.25) is 0 Å². The molecule has 0 radical (unpaired) electrons. The minimum atomic E-state index is -0.0126. The lowest BCUT2D eigenvalue weighted by Crippen LogP contribution is -2.08. The molecule has 0 aliphatic rings. The average molecular weight is 239 g/mol. The van der Waals surface area contributed by atoms with Gasteiger partial charge in [0.25, 0.3) is 0 Å². The molecule has 0 unspecified atom stereocenters. The van der Waals surface area contributed by atoms with Gasteiger partial charge in [-0.15, -0.1) is 0 Å². The zero-order valence-corrected chi connectivity index (χ0v) is 10.7. The van der Waals surface area contributed by atoms with Crippen molar-refractivity contribution in [1.82, 2.24) is 0 Å². The molecular weight excluding hydrogens is 218 g/mol. The fraction of sp³-hybridized carbons (Fsp3) is 0.538. The van der Waals surface area contributed by atoms with Crippen LogP contribution < -0.4 is 15.2 Å². The van der Waals surface area contributed by atoms with Gasteiger partial charge >= 0.3 is 0 Å². The molecule has 0 fully saturated rings. The molecule has 0 aliphatic carbocycles.